The molecule has 2 fully saturated rings. The van der Waals surface area contributed by atoms with Crippen LogP contribution in [0, 0.1) is 0 Å². The molecule has 3 aliphatic heterocycles. The molecular weight excluding hydrogens is 302 g/mol. The standard InChI is InChI=1S/C15H22ClN5O/c1-15(3-4-17-10-15)21-5-2-11-12(16)18-14(19-13(11)21)20-6-8-22-9-7-20/h17H,2-10H2,1H3/t15-/m0/s1. The lowest BCUT2D eigenvalue weighted by Crippen LogP contribution is -2.47. The van der Waals surface area contributed by atoms with Crippen LogP contribution in [0.25, 0.3) is 0 Å². The molecule has 22 heavy (non-hydrogen) atoms. The molecule has 3 aliphatic rings. The van der Waals surface area contributed by atoms with Crippen LogP contribution in [0.3, 0.4) is 0 Å². The molecule has 1 N–H and O–H groups in total. The van der Waals surface area contributed by atoms with Crippen molar-refractivity contribution in [1.82, 2.24) is 15.3 Å². The highest BCUT2D eigenvalue weighted by molar-refractivity contribution is 6.30. The average Bonchev–Trinajstić information content (AvgIpc) is 3.15. The summed E-state index contributed by atoms with van der Waals surface area (Å²) >= 11 is 6.46. The maximum absolute atomic E-state index is 6.46. The van der Waals surface area contributed by atoms with E-state index in [4.69, 9.17) is 21.3 Å². The second-order valence-corrected chi connectivity index (χ2v) is 6.90. The second-order valence-electron chi connectivity index (χ2n) is 6.54. The molecule has 7 heteroatoms. The van der Waals surface area contributed by atoms with Gasteiger partial charge in [-0.15, -0.1) is 0 Å². The van der Waals surface area contributed by atoms with E-state index in [0.29, 0.717) is 5.15 Å². The summed E-state index contributed by atoms with van der Waals surface area (Å²) in [6.07, 6.45) is 2.08. The number of halogens is 1. The van der Waals surface area contributed by atoms with Gasteiger partial charge >= 0.3 is 0 Å². The molecule has 0 radical (unpaired) electrons. The normalized spacial score (nSPS) is 28.3. The number of nitrogens with zero attached hydrogens (tertiary/aromatic N) is 4. The van der Waals surface area contributed by atoms with Crippen LogP contribution in [-0.2, 0) is 11.2 Å². The van der Waals surface area contributed by atoms with Crippen molar-refractivity contribution in [1.29, 1.82) is 0 Å². The summed E-state index contributed by atoms with van der Waals surface area (Å²) in [6, 6.07) is 0. The fourth-order valence-electron chi connectivity index (χ4n) is 3.67. The van der Waals surface area contributed by atoms with Crippen LogP contribution in [0.15, 0.2) is 0 Å². The molecule has 120 valence electrons. The summed E-state index contributed by atoms with van der Waals surface area (Å²) in [6.45, 7) is 8.47. The zero-order valence-corrected chi connectivity index (χ0v) is 13.7. The topological polar surface area (TPSA) is 53.5 Å². The molecule has 0 spiro atoms. The Morgan fingerprint density at radius 3 is 2.77 bits per heavy atom. The highest BCUT2D eigenvalue weighted by atomic mass is 35.5. The molecule has 1 atom stereocenters. The maximum atomic E-state index is 6.46. The molecule has 4 heterocycles. The summed E-state index contributed by atoms with van der Waals surface area (Å²) in [5.41, 5.74) is 1.23. The Balaban J connectivity index is 1.69. The van der Waals surface area contributed by atoms with E-state index in [9.17, 15) is 0 Å². The van der Waals surface area contributed by atoms with Gasteiger partial charge in [0.05, 0.1) is 18.8 Å². The van der Waals surface area contributed by atoms with Crippen molar-refractivity contribution in [3.8, 4) is 0 Å². The van der Waals surface area contributed by atoms with Crippen LogP contribution in [0.5, 0.6) is 0 Å². The Kier molecular flexibility index (Phi) is 3.63. The van der Waals surface area contributed by atoms with E-state index in [2.05, 4.69) is 27.0 Å². The van der Waals surface area contributed by atoms with Gasteiger partial charge in [-0.3, -0.25) is 0 Å². The molecular formula is C15H22ClN5O. The first-order valence-corrected chi connectivity index (χ1v) is 8.43. The van der Waals surface area contributed by atoms with Crippen LogP contribution < -0.4 is 15.1 Å². The molecule has 1 aromatic heterocycles. The van der Waals surface area contributed by atoms with Gasteiger partial charge in [-0.2, -0.15) is 4.98 Å². The summed E-state index contributed by atoms with van der Waals surface area (Å²) in [7, 11) is 0. The summed E-state index contributed by atoms with van der Waals surface area (Å²) in [5.74, 6) is 1.78. The number of fused-ring (bicyclic) bond motifs is 1. The fraction of sp³-hybridized carbons (Fsp3) is 0.733. The van der Waals surface area contributed by atoms with Crippen LogP contribution in [0.2, 0.25) is 5.15 Å². The lowest BCUT2D eigenvalue weighted by Gasteiger charge is -2.36. The van der Waals surface area contributed by atoms with Gasteiger partial charge in [0.2, 0.25) is 5.95 Å². The number of rotatable bonds is 2. The van der Waals surface area contributed by atoms with Gasteiger partial charge in [-0.1, -0.05) is 11.6 Å². The number of hydrogen-bond donors (Lipinski definition) is 1. The average molecular weight is 324 g/mol. The van der Waals surface area contributed by atoms with Crippen molar-refractivity contribution in [2.45, 2.75) is 25.3 Å². The van der Waals surface area contributed by atoms with E-state index >= 15 is 0 Å². The second kappa shape index (κ2) is 5.51. The summed E-state index contributed by atoms with van der Waals surface area (Å²) in [4.78, 5) is 14.0. The van der Waals surface area contributed by atoms with Crippen molar-refractivity contribution in [2.75, 3.05) is 55.7 Å². The quantitative estimate of drug-likeness (QED) is 0.822. The van der Waals surface area contributed by atoms with E-state index in [1.54, 1.807) is 0 Å². The van der Waals surface area contributed by atoms with E-state index < -0.39 is 0 Å². The summed E-state index contributed by atoms with van der Waals surface area (Å²) < 4.78 is 5.41. The third kappa shape index (κ3) is 2.33. The number of anilines is 2. The predicted molar refractivity (Wildman–Crippen MR) is 87.0 cm³/mol. The predicted octanol–water partition coefficient (Wildman–Crippen LogP) is 1.08. The number of nitrogens with one attached hydrogen (secondary N) is 1. The van der Waals surface area contributed by atoms with Gasteiger partial charge < -0.3 is 19.9 Å². The van der Waals surface area contributed by atoms with Crippen molar-refractivity contribution in [3.63, 3.8) is 0 Å². The van der Waals surface area contributed by atoms with E-state index in [-0.39, 0.29) is 5.54 Å². The van der Waals surface area contributed by atoms with Gasteiger partial charge in [0.1, 0.15) is 11.0 Å². The zero-order valence-electron chi connectivity index (χ0n) is 12.9. The minimum absolute atomic E-state index is 0.130. The molecule has 0 saturated carbocycles. The van der Waals surface area contributed by atoms with Gasteiger partial charge in [-0.05, 0) is 26.3 Å². The largest absolute Gasteiger partial charge is 0.378 e. The van der Waals surface area contributed by atoms with E-state index in [1.807, 2.05) is 0 Å². The van der Waals surface area contributed by atoms with Crippen LogP contribution in [0.4, 0.5) is 11.8 Å². The Bertz CT molecular complexity index is 569. The first kappa shape index (κ1) is 14.5. The molecule has 0 unspecified atom stereocenters. The van der Waals surface area contributed by atoms with Crippen LogP contribution >= 0.6 is 11.6 Å². The number of aromatic nitrogens is 2. The monoisotopic (exact) mass is 323 g/mol. The minimum Gasteiger partial charge on any atom is -0.378 e. The van der Waals surface area contributed by atoms with Gasteiger partial charge in [0, 0.05) is 31.7 Å². The van der Waals surface area contributed by atoms with Crippen molar-refractivity contribution in [2.24, 2.45) is 0 Å². The molecule has 1 aromatic rings. The smallest absolute Gasteiger partial charge is 0.228 e. The zero-order chi connectivity index (χ0) is 15.2. The van der Waals surface area contributed by atoms with Gasteiger partial charge in [0.25, 0.3) is 0 Å². The summed E-state index contributed by atoms with van der Waals surface area (Å²) in [5, 5.41) is 4.08. The van der Waals surface area contributed by atoms with Gasteiger partial charge in [-0.25, -0.2) is 4.98 Å². The number of ether oxygens (including phenoxy) is 1. The van der Waals surface area contributed by atoms with Crippen LogP contribution in [-0.4, -0.2) is 61.4 Å². The van der Waals surface area contributed by atoms with Crippen molar-refractivity contribution in [3.05, 3.63) is 10.7 Å². The lowest BCUT2D eigenvalue weighted by molar-refractivity contribution is 0.122. The number of hydrogen-bond acceptors (Lipinski definition) is 6. The molecule has 2 saturated heterocycles. The Hall–Kier alpha value is -1.11. The maximum Gasteiger partial charge on any atom is 0.228 e. The lowest BCUT2D eigenvalue weighted by atomic mass is 9.99. The van der Waals surface area contributed by atoms with E-state index in [0.717, 1.165) is 76.1 Å². The minimum atomic E-state index is 0.130. The van der Waals surface area contributed by atoms with Crippen molar-refractivity contribution < 1.29 is 4.74 Å². The molecule has 0 aromatic carbocycles. The van der Waals surface area contributed by atoms with Crippen LogP contribution in [0.1, 0.15) is 18.9 Å². The molecule has 0 amide bonds. The molecule has 4 rings (SSSR count). The van der Waals surface area contributed by atoms with Crippen molar-refractivity contribution >= 4 is 23.4 Å². The van der Waals surface area contributed by atoms with Gasteiger partial charge in [0.15, 0.2) is 0 Å². The fourth-order valence-corrected chi connectivity index (χ4v) is 3.92. The molecule has 0 bridgehead atoms. The highest BCUT2D eigenvalue weighted by Gasteiger charge is 2.40. The van der Waals surface area contributed by atoms with E-state index in [1.165, 1.54) is 0 Å². The third-order valence-corrected chi connectivity index (χ3v) is 5.37. The SMILES string of the molecule is C[C@]1(N2CCc3c(Cl)nc(N4CCOCC4)nc32)CCNC1. The first-order chi connectivity index (χ1) is 10.7. The Morgan fingerprint density at radius 1 is 1.23 bits per heavy atom. The first-order valence-electron chi connectivity index (χ1n) is 8.05. The Morgan fingerprint density at radius 2 is 2.05 bits per heavy atom. The number of morpholine rings is 1. The Labute approximate surface area is 135 Å². The highest BCUT2D eigenvalue weighted by Crippen LogP contribution is 2.38. The molecule has 6 nitrogen and oxygen atoms in total. The third-order valence-electron chi connectivity index (χ3n) is 5.06. The molecule has 0 aliphatic carbocycles.